The number of carbonyl (C=O) groups is 1. The number of rotatable bonds is 6. The number of aromatic amines is 1. The van der Waals surface area contributed by atoms with Gasteiger partial charge in [0.2, 0.25) is 0 Å². The fourth-order valence-electron chi connectivity index (χ4n) is 3.52. The molecule has 1 aliphatic heterocycles. The van der Waals surface area contributed by atoms with Gasteiger partial charge < -0.3 is 24.7 Å². The van der Waals surface area contributed by atoms with Gasteiger partial charge in [0.15, 0.2) is 0 Å². The molecule has 1 amide bonds. The van der Waals surface area contributed by atoms with Gasteiger partial charge in [-0.05, 0) is 31.2 Å². The Labute approximate surface area is 204 Å². The van der Waals surface area contributed by atoms with Crippen LogP contribution in [0.5, 0.6) is 5.75 Å². The zero-order valence-electron chi connectivity index (χ0n) is 18.1. The number of anilines is 2. The first-order valence-electron chi connectivity index (χ1n) is 10.5. The number of pyridine rings is 2. The number of amides is 1. The van der Waals surface area contributed by atoms with Gasteiger partial charge in [0, 0.05) is 35.9 Å². The van der Waals surface area contributed by atoms with E-state index >= 15 is 0 Å². The molecule has 0 aliphatic carbocycles. The van der Waals surface area contributed by atoms with Crippen molar-refractivity contribution in [3.8, 4) is 5.75 Å². The largest absolute Gasteiger partial charge is 0.484 e. The Bertz CT molecular complexity index is 1250. The Morgan fingerprint density at radius 2 is 2.03 bits per heavy atom. The van der Waals surface area contributed by atoms with E-state index in [2.05, 4.69) is 20.2 Å². The normalized spacial score (nSPS) is 14.5. The van der Waals surface area contributed by atoms with Gasteiger partial charge in [0.1, 0.15) is 29.1 Å². The summed E-state index contributed by atoms with van der Waals surface area (Å²) in [4.78, 5) is 34.0. The number of H-pyrrole nitrogens is 1. The van der Waals surface area contributed by atoms with Crippen LogP contribution in [-0.4, -0.2) is 42.2 Å². The van der Waals surface area contributed by atoms with E-state index in [1.807, 2.05) is 0 Å². The predicted molar refractivity (Wildman–Crippen MR) is 128 cm³/mol. The van der Waals surface area contributed by atoms with Gasteiger partial charge in [-0.15, -0.1) is 0 Å². The van der Waals surface area contributed by atoms with Gasteiger partial charge in [0.25, 0.3) is 11.5 Å². The molecule has 0 saturated carbocycles. The van der Waals surface area contributed by atoms with E-state index in [4.69, 9.17) is 32.7 Å². The van der Waals surface area contributed by atoms with Crippen LogP contribution >= 0.6 is 23.2 Å². The molecule has 4 rings (SSSR count). The van der Waals surface area contributed by atoms with Gasteiger partial charge in [0.05, 0.1) is 30.1 Å². The Balaban J connectivity index is 1.48. The van der Waals surface area contributed by atoms with Crippen LogP contribution in [0.4, 0.5) is 15.9 Å². The maximum atomic E-state index is 13.9. The highest BCUT2D eigenvalue weighted by molar-refractivity contribution is 6.36. The van der Waals surface area contributed by atoms with Crippen molar-refractivity contribution in [1.29, 1.82) is 0 Å². The molecule has 11 heteroatoms. The number of aromatic nitrogens is 2. The van der Waals surface area contributed by atoms with Crippen LogP contribution < -0.4 is 20.5 Å². The van der Waals surface area contributed by atoms with Gasteiger partial charge in [-0.1, -0.05) is 23.2 Å². The number of hydrogen-bond acceptors (Lipinski definition) is 6. The summed E-state index contributed by atoms with van der Waals surface area (Å²) in [6.45, 7) is 4.38. The van der Waals surface area contributed by atoms with Crippen molar-refractivity contribution >= 4 is 40.6 Å². The number of nitrogens with zero attached hydrogens (tertiary/aromatic N) is 2. The van der Waals surface area contributed by atoms with Crippen molar-refractivity contribution < 1.29 is 18.7 Å². The maximum absolute atomic E-state index is 13.9. The molecule has 34 heavy (non-hydrogen) atoms. The molecule has 0 radical (unpaired) electrons. The van der Waals surface area contributed by atoms with Crippen molar-refractivity contribution in [1.82, 2.24) is 9.97 Å². The van der Waals surface area contributed by atoms with Crippen molar-refractivity contribution in [2.75, 3.05) is 36.5 Å². The average molecular weight is 507 g/mol. The van der Waals surface area contributed by atoms with E-state index < -0.39 is 23.4 Å². The number of morpholine rings is 1. The topological polar surface area (TPSA) is 96.5 Å². The van der Waals surface area contributed by atoms with Crippen LogP contribution in [-0.2, 0) is 4.74 Å². The highest BCUT2D eigenvalue weighted by Crippen LogP contribution is 2.34. The van der Waals surface area contributed by atoms with Crippen LogP contribution in [0.2, 0.25) is 10.0 Å². The maximum Gasteiger partial charge on any atom is 0.261 e. The molecule has 1 saturated heterocycles. The highest BCUT2D eigenvalue weighted by atomic mass is 35.5. The molecular weight excluding hydrogens is 486 g/mol. The quantitative estimate of drug-likeness (QED) is 0.479. The van der Waals surface area contributed by atoms with Gasteiger partial charge in [-0.2, -0.15) is 0 Å². The number of halogens is 3. The molecule has 1 aromatic carbocycles. The van der Waals surface area contributed by atoms with E-state index in [9.17, 15) is 14.0 Å². The Morgan fingerprint density at radius 1 is 1.26 bits per heavy atom. The van der Waals surface area contributed by atoms with E-state index in [0.717, 1.165) is 25.0 Å². The molecule has 2 N–H and O–H groups in total. The van der Waals surface area contributed by atoms with Crippen LogP contribution in [0.3, 0.4) is 0 Å². The number of hydrogen-bond donors (Lipinski definition) is 2. The first-order valence-corrected chi connectivity index (χ1v) is 11.2. The third kappa shape index (κ3) is 5.32. The molecule has 1 atom stereocenters. The SMILES string of the molecule is C[C@@H](Oc1c[nH]c(=O)c(C(=O)Nc2ccc(N3CCOCC3)nc2)c1)c1c(Cl)ccc(F)c1Cl. The van der Waals surface area contributed by atoms with Crippen LogP contribution in [0, 0.1) is 5.82 Å². The third-order valence-corrected chi connectivity index (χ3v) is 5.97. The molecule has 8 nitrogen and oxygen atoms in total. The molecule has 3 aromatic rings. The summed E-state index contributed by atoms with van der Waals surface area (Å²) in [6, 6.07) is 7.33. The standard InChI is InChI=1S/C23H21Cl2FN4O4/c1-13(20-17(24)3-4-18(26)21(20)25)34-15-10-16(22(31)28-12-15)23(32)29-14-2-5-19(27-11-14)30-6-8-33-9-7-30/h2-5,10-13H,6-9H2,1H3,(H,28,31)(H,29,32)/t13-/m1/s1. The summed E-state index contributed by atoms with van der Waals surface area (Å²) >= 11 is 12.2. The minimum absolute atomic E-state index is 0.157. The number of carbonyl (C=O) groups excluding carboxylic acids is 1. The van der Waals surface area contributed by atoms with E-state index in [1.165, 1.54) is 24.5 Å². The second kappa shape index (κ2) is 10.4. The van der Waals surface area contributed by atoms with Crippen molar-refractivity contribution in [3.05, 3.63) is 80.1 Å². The highest BCUT2D eigenvalue weighted by Gasteiger charge is 2.20. The zero-order valence-corrected chi connectivity index (χ0v) is 19.6. The summed E-state index contributed by atoms with van der Waals surface area (Å²) in [7, 11) is 0. The molecule has 1 fully saturated rings. The van der Waals surface area contributed by atoms with E-state index in [1.54, 1.807) is 19.1 Å². The third-order valence-electron chi connectivity index (χ3n) is 5.26. The minimum atomic E-state index is -0.755. The molecule has 0 unspecified atom stereocenters. The lowest BCUT2D eigenvalue weighted by molar-refractivity contribution is 0.102. The lowest BCUT2D eigenvalue weighted by Gasteiger charge is -2.27. The lowest BCUT2D eigenvalue weighted by atomic mass is 10.1. The molecule has 2 aromatic heterocycles. The van der Waals surface area contributed by atoms with Crippen molar-refractivity contribution in [2.45, 2.75) is 13.0 Å². The molecule has 1 aliphatic rings. The second-order valence-corrected chi connectivity index (χ2v) is 8.34. The Hall–Kier alpha value is -3.14. The summed E-state index contributed by atoms with van der Waals surface area (Å²) in [6.07, 6.45) is 2.07. The second-order valence-electron chi connectivity index (χ2n) is 7.55. The Kier molecular flexibility index (Phi) is 7.35. The molecule has 3 heterocycles. The summed E-state index contributed by atoms with van der Waals surface area (Å²) in [5.74, 6) is -0.318. The van der Waals surface area contributed by atoms with Crippen LogP contribution in [0.15, 0.2) is 47.5 Å². The number of benzene rings is 1. The number of ether oxygens (including phenoxy) is 2. The fraction of sp³-hybridized carbons (Fsp3) is 0.261. The first-order chi connectivity index (χ1) is 16.3. The monoisotopic (exact) mass is 506 g/mol. The molecule has 0 spiro atoms. The average Bonchev–Trinajstić information content (AvgIpc) is 2.84. The first kappa shape index (κ1) is 24.0. The van der Waals surface area contributed by atoms with Crippen LogP contribution in [0.25, 0.3) is 0 Å². The Morgan fingerprint density at radius 3 is 2.74 bits per heavy atom. The number of nitrogens with one attached hydrogen (secondary N) is 2. The van der Waals surface area contributed by atoms with Crippen molar-refractivity contribution in [3.63, 3.8) is 0 Å². The van der Waals surface area contributed by atoms with Gasteiger partial charge in [-0.3, -0.25) is 9.59 Å². The fourth-order valence-corrected chi connectivity index (χ4v) is 4.19. The van der Waals surface area contributed by atoms with E-state index in [-0.39, 0.29) is 26.9 Å². The van der Waals surface area contributed by atoms with E-state index in [0.29, 0.717) is 18.9 Å². The minimum Gasteiger partial charge on any atom is -0.484 e. The van der Waals surface area contributed by atoms with Gasteiger partial charge in [-0.25, -0.2) is 9.37 Å². The smallest absolute Gasteiger partial charge is 0.261 e. The van der Waals surface area contributed by atoms with Gasteiger partial charge >= 0.3 is 0 Å². The molecule has 0 bridgehead atoms. The molecule has 178 valence electrons. The molecular formula is C23H21Cl2FN4O4. The summed E-state index contributed by atoms with van der Waals surface area (Å²) < 4.78 is 25.0. The summed E-state index contributed by atoms with van der Waals surface area (Å²) in [5.41, 5.74) is -0.0815. The van der Waals surface area contributed by atoms with Crippen molar-refractivity contribution in [2.24, 2.45) is 0 Å². The lowest BCUT2D eigenvalue weighted by Crippen LogP contribution is -2.36. The zero-order chi connectivity index (χ0) is 24.2. The summed E-state index contributed by atoms with van der Waals surface area (Å²) in [5, 5.41) is 2.73. The van der Waals surface area contributed by atoms with Crippen LogP contribution in [0.1, 0.15) is 28.9 Å². The predicted octanol–water partition coefficient (Wildman–Crippen LogP) is 4.44.